The zero-order valence-corrected chi connectivity index (χ0v) is 26.1. The lowest BCUT2D eigenvalue weighted by molar-refractivity contribution is -0.178. The molecule has 0 spiro atoms. The highest BCUT2D eigenvalue weighted by atomic mass is 32.2. The number of fused-ring (bicyclic) bond motifs is 6. The molecular formula is C36H40N4O3S. The molecule has 1 heterocycles. The van der Waals surface area contributed by atoms with Crippen molar-refractivity contribution >= 4 is 46.2 Å². The number of rotatable bonds is 6. The minimum absolute atomic E-state index is 0.0148. The topological polar surface area (TPSA) is 120 Å². The van der Waals surface area contributed by atoms with Crippen molar-refractivity contribution in [2.24, 2.45) is 39.5 Å². The van der Waals surface area contributed by atoms with Crippen molar-refractivity contribution < 1.29 is 15.0 Å². The van der Waals surface area contributed by atoms with Gasteiger partial charge in [-0.3, -0.25) is 14.8 Å². The summed E-state index contributed by atoms with van der Waals surface area (Å²) in [5, 5.41) is 33.0. The third kappa shape index (κ3) is 4.60. The van der Waals surface area contributed by atoms with E-state index in [1.807, 2.05) is 61.5 Å². The van der Waals surface area contributed by atoms with Crippen molar-refractivity contribution in [1.82, 2.24) is 9.97 Å². The molecule has 8 atom stereocenters. The molecule has 3 saturated carbocycles. The van der Waals surface area contributed by atoms with Crippen LogP contribution >= 0.6 is 11.8 Å². The van der Waals surface area contributed by atoms with E-state index in [1.165, 1.54) is 23.5 Å². The van der Waals surface area contributed by atoms with Gasteiger partial charge in [-0.05, 0) is 92.0 Å². The van der Waals surface area contributed by atoms with Gasteiger partial charge in [-0.1, -0.05) is 61.5 Å². The Labute approximate surface area is 262 Å². The monoisotopic (exact) mass is 608 g/mol. The molecule has 8 unspecified atom stereocenters. The van der Waals surface area contributed by atoms with Crippen LogP contribution in [-0.2, 0) is 4.79 Å². The van der Waals surface area contributed by atoms with Gasteiger partial charge in [-0.2, -0.15) is 0 Å². The van der Waals surface area contributed by atoms with Crippen molar-refractivity contribution in [3.05, 3.63) is 72.4 Å². The Morgan fingerprint density at radius 2 is 1.84 bits per heavy atom. The van der Waals surface area contributed by atoms with Crippen LogP contribution in [0.5, 0.6) is 0 Å². The van der Waals surface area contributed by atoms with Crippen LogP contribution in [0.15, 0.2) is 82.5 Å². The average molecular weight is 609 g/mol. The molecule has 228 valence electrons. The maximum atomic E-state index is 13.8. The zero-order valence-electron chi connectivity index (χ0n) is 25.3. The number of carbonyl (C=O) groups excluding carboxylic acids is 1. The fourth-order valence-corrected chi connectivity index (χ4v) is 10.3. The number of para-hydroxylation sites is 3. The molecule has 3 aromatic rings. The maximum absolute atomic E-state index is 13.8. The smallest absolute Gasteiger partial charge is 0.175 e. The number of Topliss-reactive ketones (excluding diaryl/α,β-unsaturated/α-hetero) is 1. The van der Waals surface area contributed by atoms with Gasteiger partial charge in [0.05, 0.1) is 34.8 Å². The summed E-state index contributed by atoms with van der Waals surface area (Å²) in [7, 11) is 0. The van der Waals surface area contributed by atoms with Crippen molar-refractivity contribution in [3.63, 3.8) is 0 Å². The van der Waals surface area contributed by atoms with Gasteiger partial charge < -0.3 is 15.6 Å². The van der Waals surface area contributed by atoms with Crippen LogP contribution in [0, 0.1) is 39.9 Å². The summed E-state index contributed by atoms with van der Waals surface area (Å²) in [6, 6.07) is 17.6. The molecule has 0 saturated heterocycles. The molecule has 0 amide bonds. The van der Waals surface area contributed by atoms with Crippen LogP contribution in [0.4, 0.5) is 5.69 Å². The Bertz CT molecular complexity index is 1680. The van der Waals surface area contributed by atoms with Crippen LogP contribution in [0.25, 0.3) is 11.0 Å². The highest BCUT2D eigenvalue weighted by molar-refractivity contribution is 7.99. The van der Waals surface area contributed by atoms with Crippen LogP contribution in [0.1, 0.15) is 52.4 Å². The molecule has 1 aromatic heterocycles. The number of carbonyl (C=O) groups is 1. The van der Waals surface area contributed by atoms with Crippen LogP contribution in [0.3, 0.4) is 0 Å². The van der Waals surface area contributed by atoms with E-state index in [0.717, 1.165) is 48.1 Å². The third-order valence-corrected chi connectivity index (χ3v) is 12.5. The van der Waals surface area contributed by atoms with E-state index in [4.69, 9.17) is 10.4 Å². The number of aliphatic imine (C=N–C) groups is 1. The summed E-state index contributed by atoms with van der Waals surface area (Å²) in [5.74, 6) is 0.170. The highest BCUT2D eigenvalue weighted by Gasteiger charge is 2.68. The minimum atomic E-state index is -1.49. The predicted molar refractivity (Wildman–Crippen MR) is 175 cm³/mol. The molecule has 44 heavy (non-hydrogen) atoms. The number of aliphatic hydroxyl groups excluding tert-OH is 1. The molecule has 3 fully saturated rings. The number of allylic oxidation sites excluding steroid dienone is 2. The molecule has 4 aliphatic rings. The van der Waals surface area contributed by atoms with Gasteiger partial charge in [0.15, 0.2) is 5.78 Å². The van der Waals surface area contributed by atoms with Gasteiger partial charge in [0, 0.05) is 23.3 Å². The number of ketones is 1. The first kappa shape index (κ1) is 29.5. The number of thioether (sulfide) groups is 1. The molecule has 4 aliphatic carbocycles. The maximum Gasteiger partial charge on any atom is 0.175 e. The largest absolute Gasteiger partial charge is 0.393 e. The second kappa shape index (κ2) is 11.0. The first-order valence-electron chi connectivity index (χ1n) is 15.8. The molecule has 0 bridgehead atoms. The number of hydrogen-bond acceptors (Lipinski definition) is 8. The molecule has 3 N–H and O–H groups in total. The van der Waals surface area contributed by atoms with Gasteiger partial charge in [0.2, 0.25) is 0 Å². The molecule has 7 rings (SSSR count). The molecule has 0 radical (unpaired) electrons. The zero-order chi connectivity index (χ0) is 30.7. The van der Waals surface area contributed by atoms with Gasteiger partial charge >= 0.3 is 0 Å². The van der Waals surface area contributed by atoms with Crippen molar-refractivity contribution in [2.75, 3.05) is 5.75 Å². The summed E-state index contributed by atoms with van der Waals surface area (Å²) in [6.45, 7) is 4.31. The van der Waals surface area contributed by atoms with Gasteiger partial charge in [-0.15, -0.1) is 0 Å². The number of nitrogens with one attached hydrogen (secondary N) is 1. The number of aromatic nitrogens is 2. The van der Waals surface area contributed by atoms with Crippen LogP contribution in [0.2, 0.25) is 0 Å². The number of nitrogens with zero attached hydrogens (tertiary/aromatic N) is 3. The van der Waals surface area contributed by atoms with Gasteiger partial charge in [0.1, 0.15) is 10.6 Å². The lowest BCUT2D eigenvalue weighted by atomic mass is 9.45. The first-order chi connectivity index (χ1) is 21.2. The number of aliphatic hydroxyl groups is 2. The second-order valence-corrected chi connectivity index (χ2v) is 14.8. The fourth-order valence-electron chi connectivity index (χ4n) is 9.47. The van der Waals surface area contributed by atoms with Crippen molar-refractivity contribution in [1.29, 1.82) is 5.41 Å². The van der Waals surface area contributed by atoms with Crippen LogP contribution < -0.4 is 0 Å². The van der Waals surface area contributed by atoms with Crippen LogP contribution in [-0.4, -0.2) is 55.3 Å². The summed E-state index contributed by atoms with van der Waals surface area (Å²) < 4.78 is 0. The lowest BCUT2D eigenvalue weighted by Gasteiger charge is -2.61. The molecular weight excluding hydrogens is 568 g/mol. The van der Waals surface area contributed by atoms with E-state index in [1.54, 1.807) is 6.20 Å². The quantitative estimate of drug-likeness (QED) is 0.214. The van der Waals surface area contributed by atoms with E-state index in [0.29, 0.717) is 17.9 Å². The standard InChI is InChI=1S/C36H40N4O3S/c1-34-17-22(19-37)29(39-24-8-4-3-5-9-24)16-23(34)12-13-25-26-14-15-36(43,35(26,2)18-30(41)33(25)34)31(42)21-44-32-20-38-27-10-6-7-11-28(27)40-32/h3-11,16,19-20,22,25-26,30,33,37,41,43H,12-15,17-18,21H2,1-2H3. The minimum Gasteiger partial charge on any atom is -0.393 e. The van der Waals surface area contributed by atoms with Gasteiger partial charge in [0.25, 0.3) is 0 Å². The summed E-state index contributed by atoms with van der Waals surface area (Å²) in [6.07, 6.45) is 8.89. The molecule has 8 heteroatoms. The number of hydrogen-bond donors (Lipinski definition) is 3. The van der Waals surface area contributed by atoms with E-state index >= 15 is 0 Å². The Kier molecular flexibility index (Phi) is 7.38. The third-order valence-electron chi connectivity index (χ3n) is 11.6. The Morgan fingerprint density at radius 3 is 2.61 bits per heavy atom. The van der Waals surface area contributed by atoms with E-state index < -0.39 is 17.1 Å². The SMILES string of the molecule is CC12CC(C=N)C(=Nc3ccccc3)C=C1CCC1C2C(O)CC2(C)C1CCC2(O)C(=O)CSc1cnc2ccccc2n1. The van der Waals surface area contributed by atoms with Gasteiger partial charge in [-0.25, -0.2) is 4.98 Å². The highest BCUT2D eigenvalue weighted by Crippen LogP contribution is 2.68. The average Bonchev–Trinajstić information content (AvgIpc) is 3.30. The second-order valence-electron chi connectivity index (χ2n) is 13.8. The number of benzene rings is 2. The normalized spacial score (nSPS) is 37.1. The van der Waals surface area contributed by atoms with E-state index in [2.05, 4.69) is 23.0 Å². The Morgan fingerprint density at radius 1 is 1.09 bits per heavy atom. The Balaban J connectivity index is 1.13. The lowest BCUT2D eigenvalue weighted by Crippen LogP contribution is -2.62. The van der Waals surface area contributed by atoms with Crippen molar-refractivity contribution in [2.45, 2.75) is 69.1 Å². The molecule has 0 aliphatic heterocycles. The summed E-state index contributed by atoms with van der Waals surface area (Å²) in [4.78, 5) is 27.9. The van der Waals surface area contributed by atoms with E-state index in [9.17, 15) is 15.0 Å². The van der Waals surface area contributed by atoms with E-state index in [-0.39, 0.29) is 40.6 Å². The summed E-state index contributed by atoms with van der Waals surface area (Å²) >= 11 is 1.32. The first-order valence-corrected chi connectivity index (χ1v) is 16.8. The Hall–Kier alpha value is -3.20. The fraction of sp³-hybridized carbons (Fsp3) is 0.472. The molecule has 2 aromatic carbocycles. The summed E-state index contributed by atoms with van der Waals surface area (Å²) in [5.41, 5.74) is 2.25. The molecule has 7 nitrogen and oxygen atoms in total. The predicted octanol–water partition coefficient (Wildman–Crippen LogP) is 6.60. The van der Waals surface area contributed by atoms with Crippen molar-refractivity contribution in [3.8, 4) is 0 Å².